The highest BCUT2D eigenvalue weighted by atomic mass is 19.1. The molecule has 0 nitrogen and oxygen atoms in total. The third kappa shape index (κ3) is 13.3. The van der Waals surface area contributed by atoms with E-state index in [1.807, 2.05) is 6.92 Å². The van der Waals surface area contributed by atoms with E-state index in [-0.39, 0.29) is 11.7 Å². The highest BCUT2D eigenvalue weighted by Crippen LogP contribution is 2.29. The number of hydrogen-bond acceptors (Lipinski definition) is 0. The fraction of sp³-hybridized carbons (Fsp3) is 0.636. The predicted octanol–water partition coefficient (Wildman–Crippen LogP) is 11.2. The SMILES string of the molecule is C=C(CC)/C(F)=C\C(=C)C(C)CCC(C)C(C)CCC(C)C(=C)/C=C\C(=C)C(C)CCC(C)C. The first-order chi connectivity index (χ1) is 15.8. The van der Waals surface area contributed by atoms with Gasteiger partial charge in [-0.2, -0.15) is 0 Å². The highest BCUT2D eigenvalue weighted by Gasteiger charge is 2.17. The molecule has 0 radical (unpaired) electrons. The molecular formula is C33H55F. The molecule has 0 aromatic carbocycles. The van der Waals surface area contributed by atoms with Gasteiger partial charge in [-0.1, -0.05) is 111 Å². The molecule has 5 atom stereocenters. The summed E-state index contributed by atoms with van der Waals surface area (Å²) in [7, 11) is 0. The molecule has 0 aliphatic rings. The first kappa shape index (κ1) is 32.4. The van der Waals surface area contributed by atoms with Crippen LogP contribution in [0.3, 0.4) is 0 Å². The van der Waals surface area contributed by atoms with Gasteiger partial charge in [0.15, 0.2) is 0 Å². The minimum Gasteiger partial charge on any atom is -0.207 e. The predicted molar refractivity (Wildman–Crippen MR) is 154 cm³/mol. The van der Waals surface area contributed by atoms with Crippen LogP contribution in [0.25, 0.3) is 0 Å². The van der Waals surface area contributed by atoms with Gasteiger partial charge in [0.1, 0.15) is 5.83 Å². The molecule has 1 heteroatoms. The average Bonchev–Trinajstić information content (AvgIpc) is 2.80. The Hall–Kier alpha value is -1.63. The topological polar surface area (TPSA) is 0 Å². The van der Waals surface area contributed by atoms with E-state index in [1.54, 1.807) is 6.08 Å². The van der Waals surface area contributed by atoms with Gasteiger partial charge in [0, 0.05) is 0 Å². The van der Waals surface area contributed by atoms with E-state index in [2.05, 4.69) is 86.9 Å². The van der Waals surface area contributed by atoms with Crippen molar-refractivity contribution in [3.8, 4) is 0 Å². The van der Waals surface area contributed by atoms with Crippen LogP contribution in [0.15, 0.2) is 72.7 Å². The fourth-order valence-electron chi connectivity index (χ4n) is 3.85. The monoisotopic (exact) mass is 470 g/mol. The Morgan fingerprint density at radius 3 is 1.38 bits per heavy atom. The lowest BCUT2D eigenvalue weighted by Gasteiger charge is -2.23. The maximum Gasteiger partial charge on any atom is 0.126 e. The van der Waals surface area contributed by atoms with Gasteiger partial charge in [0.2, 0.25) is 0 Å². The van der Waals surface area contributed by atoms with Crippen LogP contribution in [-0.4, -0.2) is 0 Å². The number of allylic oxidation sites excluding steroid dienone is 8. The summed E-state index contributed by atoms with van der Waals surface area (Å²) >= 11 is 0. The Balaban J connectivity index is 4.49. The minimum absolute atomic E-state index is 0.224. The Kier molecular flexibility index (Phi) is 16.1. The smallest absolute Gasteiger partial charge is 0.126 e. The van der Waals surface area contributed by atoms with Crippen LogP contribution in [0.1, 0.15) is 100 Å². The third-order valence-corrected chi connectivity index (χ3v) is 7.75. The quantitative estimate of drug-likeness (QED) is 0.175. The van der Waals surface area contributed by atoms with Crippen molar-refractivity contribution in [1.82, 2.24) is 0 Å². The molecule has 0 bridgehead atoms. The second kappa shape index (κ2) is 16.9. The lowest BCUT2D eigenvalue weighted by Crippen LogP contribution is -2.12. The highest BCUT2D eigenvalue weighted by molar-refractivity contribution is 5.30. The van der Waals surface area contributed by atoms with Gasteiger partial charge in [-0.25, -0.2) is 4.39 Å². The van der Waals surface area contributed by atoms with Crippen LogP contribution in [0.4, 0.5) is 4.39 Å². The molecule has 0 N–H and O–H groups in total. The van der Waals surface area contributed by atoms with Gasteiger partial charge in [0.05, 0.1) is 0 Å². The Morgan fingerprint density at radius 1 is 0.618 bits per heavy atom. The molecule has 0 heterocycles. The molecular weight excluding hydrogens is 415 g/mol. The van der Waals surface area contributed by atoms with Crippen LogP contribution < -0.4 is 0 Å². The number of hydrogen-bond donors (Lipinski definition) is 0. The van der Waals surface area contributed by atoms with Gasteiger partial charge in [-0.05, 0) is 91.3 Å². The van der Waals surface area contributed by atoms with E-state index in [1.165, 1.54) is 30.4 Å². The van der Waals surface area contributed by atoms with Crippen LogP contribution in [0, 0.1) is 35.5 Å². The summed E-state index contributed by atoms with van der Waals surface area (Å²) in [6.07, 6.45) is 13.5. The van der Waals surface area contributed by atoms with Crippen molar-refractivity contribution in [1.29, 1.82) is 0 Å². The van der Waals surface area contributed by atoms with Crippen molar-refractivity contribution in [3.63, 3.8) is 0 Å². The normalized spacial score (nSPS) is 16.8. The molecule has 0 aromatic heterocycles. The lowest BCUT2D eigenvalue weighted by molar-refractivity contribution is 0.309. The van der Waals surface area contributed by atoms with Crippen molar-refractivity contribution >= 4 is 0 Å². The van der Waals surface area contributed by atoms with E-state index < -0.39 is 0 Å². The van der Waals surface area contributed by atoms with Crippen molar-refractivity contribution in [2.24, 2.45) is 35.5 Å². The van der Waals surface area contributed by atoms with Crippen molar-refractivity contribution in [3.05, 3.63) is 72.7 Å². The molecule has 0 rings (SSSR count). The summed E-state index contributed by atoms with van der Waals surface area (Å²) in [6.45, 7) is 34.3. The summed E-state index contributed by atoms with van der Waals surface area (Å²) < 4.78 is 14.1. The summed E-state index contributed by atoms with van der Waals surface area (Å²) in [5.41, 5.74) is 3.82. The molecule has 5 unspecified atom stereocenters. The van der Waals surface area contributed by atoms with Gasteiger partial charge in [-0.3, -0.25) is 0 Å². The van der Waals surface area contributed by atoms with Crippen molar-refractivity contribution in [2.75, 3.05) is 0 Å². The van der Waals surface area contributed by atoms with Crippen LogP contribution >= 0.6 is 0 Å². The van der Waals surface area contributed by atoms with Crippen molar-refractivity contribution in [2.45, 2.75) is 100 Å². The summed E-state index contributed by atoms with van der Waals surface area (Å²) in [6, 6.07) is 0. The zero-order chi connectivity index (χ0) is 26.4. The maximum absolute atomic E-state index is 14.1. The lowest BCUT2D eigenvalue weighted by atomic mass is 9.82. The number of rotatable bonds is 18. The Morgan fingerprint density at radius 2 is 1.00 bits per heavy atom. The largest absolute Gasteiger partial charge is 0.207 e. The zero-order valence-corrected chi connectivity index (χ0v) is 23.9. The molecule has 0 fully saturated rings. The molecule has 0 spiro atoms. The standard InChI is InChI=1S/C33H55F/c1-13-24(4)33(34)22-32(12)31(11)21-20-30(10)29(9)19-18-28(8)27(7)17-16-26(6)25(5)15-14-23(2)3/h16-17,22-23,25,28-31H,4,6-7,12-15,18-21H2,1-3,5,8-11H3/b17-16-,33-22+. The van der Waals surface area contributed by atoms with Crippen LogP contribution in [-0.2, 0) is 0 Å². The maximum atomic E-state index is 14.1. The molecule has 0 saturated heterocycles. The van der Waals surface area contributed by atoms with E-state index in [4.69, 9.17) is 0 Å². The van der Waals surface area contributed by atoms with Crippen LogP contribution in [0.5, 0.6) is 0 Å². The van der Waals surface area contributed by atoms with E-state index in [0.29, 0.717) is 35.7 Å². The molecule has 0 amide bonds. The second-order valence-corrected chi connectivity index (χ2v) is 11.3. The summed E-state index contributed by atoms with van der Waals surface area (Å²) in [5, 5.41) is 0. The molecule has 0 aliphatic carbocycles. The second-order valence-electron chi connectivity index (χ2n) is 11.3. The average molecular weight is 471 g/mol. The molecule has 0 aliphatic heterocycles. The number of halogens is 1. The molecule has 34 heavy (non-hydrogen) atoms. The van der Waals surface area contributed by atoms with Gasteiger partial charge < -0.3 is 0 Å². The molecule has 0 aromatic rings. The summed E-state index contributed by atoms with van der Waals surface area (Å²) in [5.74, 6) is 3.08. The first-order valence-electron chi connectivity index (χ1n) is 13.6. The third-order valence-electron chi connectivity index (χ3n) is 7.75. The zero-order valence-electron chi connectivity index (χ0n) is 23.9. The van der Waals surface area contributed by atoms with E-state index in [0.717, 1.165) is 30.8 Å². The van der Waals surface area contributed by atoms with E-state index >= 15 is 0 Å². The first-order valence-corrected chi connectivity index (χ1v) is 13.6. The molecule has 194 valence electrons. The van der Waals surface area contributed by atoms with Crippen molar-refractivity contribution < 1.29 is 4.39 Å². The Bertz CT molecular complexity index is 717. The molecule has 0 saturated carbocycles. The van der Waals surface area contributed by atoms with Gasteiger partial charge in [0.25, 0.3) is 0 Å². The van der Waals surface area contributed by atoms with Gasteiger partial charge >= 0.3 is 0 Å². The summed E-state index contributed by atoms with van der Waals surface area (Å²) in [4.78, 5) is 0. The van der Waals surface area contributed by atoms with Gasteiger partial charge in [-0.15, -0.1) is 0 Å². The minimum atomic E-state index is -0.224. The van der Waals surface area contributed by atoms with Crippen LogP contribution in [0.2, 0.25) is 0 Å². The Labute approximate surface area is 212 Å². The van der Waals surface area contributed by atoms with E-state index in [9.17, 15) is 4.39 Å². The fourth-order valence-corrected chi connectivity index (χ4v) is 3.85.